The summed E-state index contributed by atoms with van der Waals surface area (Å²) in [6.45, 7) is 9.62. The molecule has 1 nitrogen and oxygen atoms in total. The van der Waals surface area contributed by atoms with E-state index in [9.17, 15) is 0 Å². The molecule has 1 heteroatoms. The second kappa shape index (κ2) is 14.4. The molecule has 294 valence electrons. The predicted molar refractivity (Wildman–Crippen MR) is 263 cm³/mol. The highest BCUT2D eigenvalue weighted by molar-refractivity contribution is 6.11. The first kappa shape index (κ1) is 37.1. The SMILES string of the molecule is CC1(C)CCC(C)(C)c2cc(-c3ccc(N(c4ccccc4)c4ccc(-c5ccc6ccc7ccccc7c6c5)c(-c5ccc6ccc7ccccc7c6c5)c4)cc3)ccc21. The Morgan fingerprint density at radius 3 is 1.39 bits per heavy atom. The van der Waals surface area contributed by atoms with Crippen molar-refractivity contribution in [2.75, 3.05) is 4.90 Å². The third-order valence-electron chi connectivity index (χ3n) is 13.7. The lowest BCUT2D eigenvalue weighted by Crippen LogP contribution is -2.33. The van der Waals surface area contributed by atoms with E-state index in [4.69, 9.17) is 0 Å². The first-order valence-corrected chi connectivity index (χ1v) is 21.8. The molecule has 10 aromatic rings. The van der Waals surface area contributed by atoms with Crippen LogP contribution in [0.2, 0.25) is 0 Å². The van der Waals surface area contributed by atoms with Crippen LogP contribution in [0.5, 0.6) is 0 Å². The zero-order valence-electron chi connectivity index (χ0n) is 35.4. The summed E-state index contributed by atoms with van der Waals surface area (Å²) in [6.07, 6.45) is 2.42. The van der Waals surface area contributed by atoms with Crippen molar-refractivity contribution in [1.29, 1.82) is 0 Å². The first-order chi connectivity index (χ1) is 29.7. The maximum absolute atomic E-state index is 2.47. The Morgan fingerprint density at radius 1 is 0.311 bits per heavy atom. The number of rotatable bonds is 6. The molecule has 0 heterocycles. The van der Waals surface area contributed by atoms with Gasteiger partial charge in [0.2, 0.25) is 0 Å². The molecular formula is C60H49N. The van der Waals surface area contributed by atoms with Crippen molar-refractivity contribution in [1.82, 2.24) is 0 Å². The molecule has 61 heavy (non-hydrogen) atoms. The van der Waals surface area contributed by atoms with E-state index in [-0.39, 0.29) is 10.8 Å². The monoisotopic (exact) mass is 783 g/mol. The number of benzene rings is 10. The van der Waals surface area contributed by atoms with Gasteiger partial charge in [-0.15, -0.1) is 0 Å². The van der Waals surface area contributed by atoms with Gasteiger partial charge in [-0.2, -0.15) is 0 Å². The summed E-state index contributed by atoms with van der Waals surface area (Å²) in [6, 6.07) is 74.6. The maximum Gasteiger partial charge on any atom is 0.0468 e. The largest absolute Gasteiger partial charge is 0.310 e. The Morgan fingerprint density at radius 2 is 0.770 bits per heavy atom. The van der Waals surface area contributed by atoms with E-state index in [0.717, 1.165) is 17.1 Å². The zero-order valence-corrected chi connectivity index (χ0v) is 35.4. The molecule has 0 amide bonds. The minimum Gasteiger partial charge on any atom is -0.310 e. The molecule has 0 saturated heterocycles. The van der Waals surface area contributed by atoms with E-state index in [0.29, 0.717) is 0 Å². The summed E-state index contributed by atoms with van der Waals surface area (Å²) in [7, 11) is 0. The fourth-order valence-electron chi connectivity index (χ4n) is 10.1. The lowest BCUT2D eigenvalue weighted by Gasteiger charge is -2.42. The number of para-hydroxylation sites is 1. The van der Waals surface area contributed by atoms with Crippen molar-refractivity contribution in [2.24, 2.45) is 0 Å². The predicted octanol–water partition coefficient (Wildman–Crippen LogP) is 17.1. The number of hydrogen-bond donors (Lipinski definition) is 0. The second-order valence-electron chi connectivity index (χ2n) is 18.4. The summed E-state index contributed by atoms with van der Waals surface area (Å²) in [5.74, 6) is 0. The quantitative estimate of drug-likeness (QED) is 0.152. The molecule has 0 spiro atoms. The highest BCUT2D eigenvalue weighted by atomic mass is 15.1. The summed E-state index contributed by atoms with van der Waals surface area (Å²) in [4.78, 5) is 2.40. The average Bonchev–Trinajstić information content (AvgIpc) is 3.30. The minimum atomic E-state index is 0.160. The topological polar surface area (TPSA) is 3.24 Å². The van der Waals surface area contributed by atoms with Crippen molar-refractivity contribution in [3.8, 4) is 33.4 Å². The van der Waals surface area contributed by atoms with Gasteiger partial charge in [-0.05, 0) is 160 Å². The van der Waals surface area contributed by atoms with Crippen LogP contribution in [0.15, 0.2) is 200 Å². The van der Waals surface area contributed by atoms with Gasteiger partial charge in [0.05, 0.1) is 0 Å². The molecule has 0 unspecified atom stereocenters. The smallest absolute Gasteiger partial charge is 0.0468 e. The van der Waals surface area contributed by atoms with E-state index in [1.54, 1.807) is 0 Å². The number of fused-ring (bicyclic) bond motifs is 7. The molecule has 0 saturated carbocycles. The minimum absolute atomic E-state index is 0.160. The number of anilines is 3. The van der Waals surface area contributed by atoms with Gasteiger partial charge in [-0.1, -0.05) is 179 Å². The van der Waals surface area contributed by atoms with Crippen molar-refractivity contribution >= 4 is 60.2 Å². The van der Waals surface area contributed by atoms with E-state index in [2.05, 4.69) is 233 Å². The molecule has 0 fully saturated rings. The summed E-state index contributed by atoms with van der Waals surface area (Å²) in [5, 5.41) is 10.1. The van der Waals surface area contributed by atoms with Crippen molar-refractivity contribution in [3.63, 3.8) is 0 Å². The molecule has 0 atom stereocenters. The molecule has 1 aliphatic carbocycles. The van der Waals surface area contributed by atoms with Crippen molar-refractivity contribution in [3.05, 3.63) is 211 Å². The van der Waals surface area contributed by atoms with E-state index >= 15 is 0 Å². The summed E-state index contributed by atoms with van der Waals surface area (Å²) < 4.78 is 0. The van der Waals surface area contributed by atoms with Gasteiger partial charge in [0.25, 0.3) is 0 Å². The Balaban J connectivity index is 1.08. The zero-order chi connectivity index (χ0) is 41.3. The normalized spacial score (nSPS) is 14.4. The Bertz CT molecular complexity index is 3300. The third-order valence-corrected chi connectivity index (χ3v) is 13.7. The van der Waals surface area contributed by atoms with Crippen molar-refractivity contribution in [2.45, 2.75) is 51.4 Å². The number of hydrogen-bond acceptors (Lipinski definition) is 1. The van der Waals surface area contributed by atoms with Gasteiger partial charge in [0.1, 0.15) is 0 Å². The van der Waals surface area contributed by atoms with Crippen LogP contribution in [0, 0.1) is 0 Å². The van der Waals surface area contributed by atoms with Gasteiger partial charge in [-0.3, -0.25) is 0 Å². The lowest BCUT2D eigenvalue weighted by molar-refractivity contribution is 0.332. The Hall–Kier alpha value is -6.96. The Kier molecular flexibility index (Phi) is 8.72. The molecule has 10 aromatic carbocycles. The molecule has 0 aromatic heterocycles. The standard InChI is InChI=1S/C60H49N/c1-59(2)34-35-60(3,4)58-38-45(28-33-57(58)59)40-26-29-49(30-27-40)61(48-14-6-5-7-15-48)50-31-32-53(46-24-22-43-20-18-41-12-8-10-16-51(41)54(43)36-46)56(39-50)47-25-23-44-21-19-42-13-9-11-17-52(42)55(44)37-47/h5-33,36-39H,34-35H2,1-4H3. The van der Waals surface area contributed by atoms with Gasteiger partial charge < -0.3 is 4.90 Å². The van der Waals surface area contributed by atoms with Crippen LogP contribution in [-0.2, 0) is 10.8 Å². The van der Waals surface area contributed by atoms with E-state index < -0.39 is 0 Å². The summed E-state index contributed by atoms with van der Waals surface area (Å²) in [5.41, 5.74) is 14.0. The average molecular weight is 784 g/mol. The van der Waals surface area contributed by atoms with Gasteiger partial charge >= 0.3 is 0 Å². The van der Waals surface area contributed by atoms with Gasteiger partial charge in [-0.25, -0.2) is 0 Å². The number of nitrogens with zero attached hydrogens (tertiary/aromatic N) is 1. The van der Waals surface area contributed by atoms with Crippen LogP contribution in [-0.4, -0.2) is 0 Å². The second-order valence-corrected chi connectivity index (χ2v) is 18.4. The van der Waals surface area contributed by atoms with Crippen LogP contribution in [0.4, 0.5) is 17.1 Å². The van der Waals surface area contributed by atoms with E-state index in [1.165, 1.54) is 100 Å². The molecule has 0 bridgehead atoms. The summed E-state index contributed by atoms with van der Waals surface area (Å²) >= 11 is 0. The molecule has 0 aliphatic heterocycles. The van der Waals surface area contributed by atoms with Crippen LogP contribution < -0.4 is 4.90 Å². The van der Waals surface area contributed by atoms with Crippen LogP contribution in [0.3, 0.4) is 0 Å². The molecule has 1 aliphatic rings. The Labute approximate surface area is 359 Å². The fourth-order valence-corrected chi connectivity index (χ4v) is 10.1. The molecule has 0 radical (unpaired) electrons. The highest BCUT2D eigenvalue weighted by Crippen LogP contribution is 2.48. The molecular weight excluding hydrogens is 735 g/mol. The highest BCUT2D eigenvalue weighted by Gasteiger charge is 2.37. The van der Waals surface area contributed by atoms with Crippen molar-refractivity contribution < 1.29 is 0 Å². The van der Waals surface area contributed by atoms with Gasteiger partial charge in [0.15, 0.2) is 0 Å². The third kappa shape index (κ3) is 6.48. The molecule has 11 rings (SSSR count). The van der Waals surface area contributed by atoms with Crippen LogP contribution >= 0.6 is 0 Å². The molecule has 0 N–H and O–H groups in total. The van der Waals surface area contributed by atoms with E-state index in [1.807, 2.05) is 0 Å². The lowest BCUT2D eigenvalue weighted by atomic mass is 9.63. The fraction of sp³-hybridized carbons (Fsp3) is 0.133. The maximum atomic E-state index is 2.47. The first-order valence-electron chi connectivity index (χ1n) is 21.8. The van der Waals surface area contributed by atoms with Crippen LogP contribution in [0.25, 0.3) is 76.5 Å². The van der Waals surface area contributed by atoms with Gasteiger partial charge in [0, 0.05) is 17.1 Å². The van der Waals surface area contributed by atoms with Crippen LogP contribution in [0.1, 0.15) is 51.7 Å².